The maximum Gasteiger partial charge on any atom is 0.257 e. The van der Waals surface area contributed by atoms with Gasteiger partial charge in [-0.05, 0) is 50.2 Å². The fourth-order valence-electron chi connectivity index (χ4n) is 2.86. The van der Waals surface area contributed by atoms with E-state index in [1.165, 1.54) is 6.07 Å². The lowest BCUT2D eigenvalue weighted by molar-refractivity contribution is 0.102. The number of aryl methyl sites for hydroxylation is 1. The van der Waals surface area contributed by atoms with Crippen LogP contribution in [0.3, 0.4) is 0 Å². The summed E-state index contributed by atoms with van der Waals surface area (Å²) in [7, 11) is 0. The Kier molecular flexibility index (Phi) is 4.36. The van der Waals surface area contributed by atoms with Gasteiger partial charge < -0.3 is 9.88 Å². The number of aromatic nitrogens is 1. The summed E-state index contributed by atoms with van der Waals surface area (Å²) in [6, 6.07) is 16.9. The van der Waals surface area contributed by atoms with Crippen molar-refractivity contribution in [3.8, 4) is 11.8 Å². The molecule has 1 amide bonds. The standard InChI is InChI=1S/C20H16FN3O/c1-13-10-17(14(2)24(13)19-9-4-3-8-18(19)21)20(25)23-16-7-5-6-15(11-16)12-22/h3-11H,1-2H3,(H,23,25). The molecule has 1 N–H and O–H groups in total. The Morgan fingerprint density at radius 2 is 1.88 bits per heavy atom. The first kappa shape index (κ1) is 16.5. The van der Waals surface area contributed by atoms with E-state index in [-0.39, 0.29) is 11.7 Å². The Morgan fingerprint density at radius 3 is 2.60 bits per heavy atom. The molecule has 1 aromatic heterocycles. The van der Waals surface area contributed by atoms with Crippen molar-refractivity contribution in [3.05, 3.63) is 82.9 Å². The van der Waals surface area contributed by atoms with Crippen LogP contribution >= 0.6 is 0 Å². The van der Waals surface area contributed by atoms with Gasteiger partial charge in [-0.15, -0.1) is 0 Å². The lowest BCUT2D eigenvalue weighted by Gasteiger charge is -2.11. The molecule has 2 aromatic carbocycles. The summed E-state index contributed by atoms with van der Waals surface area (Å²) in [6.45, 7) is 3.60. The molecule has 0 aliphatic rings. The quantitative estimate of drug-likeness (QED) is 0.774. The molecule has 0 atom stereocenters. The second-order valence-electron chi connectivity index (χ2n) is 5.72. The average molecular weight is 333 g/mol. The summed E-state index contributed by atoms with van der Waals surface area (Å²) >= 11 is 0. The van der Waals surface area contributed by atoms with Crippen LogP contribution in [0.15, 0.2) is 54.6 Å². The van der Waals surface area contributed by atoms with Gasteiger partial charge in [-0.2, -0.15) is 5.26 Å². The zero-order valence-corrected chi connectivity index (χ0v) is 13.9. The second kappa shape index (κ2) is 6.62. The van der Waals surface area contributed by atoms with Crippen LogP contribution in [-0.2, 0) is 0 Å². The van der Waals surface area contributed by atoms with Crippen LogP contribution in [0, 0.1) is 31.0 Å². The summed E-state index contributed by atoms with van der Waals surface area (Å²) in [5.74, 6) is -0.649. The van der Waals surface area contributed by atoms with Gasteiger partial charge in [0, 0.05) is 17.1 Å². The number of halogens is 1. The van der Waals surface area contributed by atoms with E-state index in [2.05, 4.69) is 5.32 Å². The molecule has 4 nitrogen and oxygen atoms in total. The van der Waals surface area contributed by atoms with Crippen molar-refractivity contribution in [2.45, 2.75) is 13.8 Å². The zero-order valence-electron chi connectivity index (χ0n) is 13.9. The van der Waals surface area contributed by atoms with Gasteiger partial charge in [0.1, 0.15) is 5.82 Å². The third-order valence-electron chi connectivity index (χ3n) is 4.02. The Labute approximate surface area is 145 Å². The molecule has 0 unspecified atom stereocenters. The summed E-state index contributed by atoms with van der Waals surface area (Å²) in [5, 5.41) is 11.7. The first-order valence-electron chi connectivity index (χ1n) is 7.76. The Morgan fingerprint density at radius 1 is 1.12 bits per heavy atom. The number of carbonyl (C=O) groups is 1. The summed E-state index contributed by atoms with van der Waals surface area (Å²) in [4.78, 5) is 12.6. The SMILES string of the molecule is Cc1cc(C(=O)Nc2cccc(C#N)c2)c(C)n1-c1ccccc1F. The zero-order chi connectivity index (χ0) is 18.0. The molecule has 0 bridgehead atoms. The van der Waals surface area contributed by atoms with Crippen LogP contribution in [-0.4, -0.2) is 10.5 Å². The average Bonchev–Trinajstić information content (AvgIpc) is 2.90. The smallest absolute Gasteiger partial charge is 0.257 e. The van der Waals surface area contributed by atoms with E-state index in [9.17, 15) is 9.18 Å². The summed E-state index contributed by atoms with van der Waals surface area (Å²) < 4.78 is 15.8. The van der Waals surface area contributed by atoms with Crippen LogP contribution in [0.5, 0.6) is 0 Å². The largest absolute Gasteiger partial charge is 0.322 e. The molecule has 1 heterocycles. The van der Waals surface area contributed by atoms with Gasteiger partial charge in [0.2, 0.25) is 0 Å². The molecular formula is C20H16FN3O. The lowest BCUT2D eigenvalue weighted by Crippen LogP contribution is -2.13. The molecule has 0 saturated carbocycles. The Bertz CT molecular complexity index is 998. The maximum atomic E-state index is 14.1. The van der Waals surface area contributed by atoms with Crippen LogP contribution in [0.2, 0.25) is 0 Å². The number of anilines is 1. The molecule has 0 fully saturated rings. The highest BCUT2D eigenvalue weighted by molar-refractivity contribution is 6.05. The highest BCUT2D eigenvalue weighted by Gasteiger charge is 2.18. The van der Waals surface area contributed by atoms with Crippen molar-refractivity contribution in [2.75, 3.05) is 5.32 Å². The van der Waals surface area contributed by atoms with Gasteiger partial charge in [-0.1, -0.05) is 18.2 Å². The minimum Gasteiger partial charge on any atom is -0.322 e. The van der Waals surface area contributed by atoms with Crippen molar-refractivity contribution in [2.24, 2.45) is 0 Å². The van der Waals surface area contributed by atoms with Gasteiger partial charge in [-0.3, -0.25) is 4.79 Å². The number of amides is 1. The second-order valence-corrected chi connectivity index (χ2v) is 5.72. The molecular weight excluding hydrogens is 317 g/mol. The normalized spacial score (nSPS) is 10.3. The molecule has 0 aliphatic carbocycles. The minimum absolute atomic E-state index is 0.300. The number of nitriles is 1. The number of carbonyl (C=O) groups excluding carboxylic acids is 1. The number of para-hydroxylation sites is 1. The maximum absolute atomic E-state index is 14.1. The first-order chi connectivity index (χ1) is 12.0. The fraction of sp³-hybridized carbons (Fsp3) is 0.100. The number of hydrogen-bond acceptors (Lipinski definition) is 2. The number of benzene rings is 2. The number of rotatable bonds is 3. The molecule has 25 heavy (non-hydrogen) atoms. The fourth-order valence-corrected chi connectivity index (χ4v) is 2.86. The highest BCUT2D eigenvalue weighted by atomic mass is 19.1. The Hall–Kier alpha value is -3.39. The van der Waals surface area contributed by atoms with Crippen LogP contribution in [0.25, 0.3) is 5.69 Å². The monoisotopic (exact) mass is 333 g/mol. The van der Waals surface area contributed by atoms with Gasteiger partial charge in [0.15, 0.2) is 0 Å². The highest BCUT2D eigenvalue weighted by Crippen LogP contribution is 2.23. The van der Waals surface area contributed by atoms with Crippen LogP contribution < -0.4 is 5.32 Å². The predicted molar refractivity (Wildman–Crippen MR) is 94.3 cm³/mol. The minimum atomic E-state index is -0.349. The molecule has 0 saturated heterocycles. The van der Waals surface area contributed by atoms with Gasteiger partial charge in [-0.25, -0.2) is 4.39 Å². The van der Waals surface area contributed by atoms with Gasteiger partial charge in [0.25, 0.3) is 5.91 Å². The number of nitrogens with one attached hydrogen (secondary N) is 1. The van der Waals surface area contributed by atoms with Crippen LogP contribution in [0.4, 0.5) is 10.1 Å². The molecule has 3 rings (SSSR count). The molecule has 5 heteroatoms. The van der Waals surface area contributed by atoms with Gasteiger partial charge in [0.05, 0.1) is 22.9 Å². The van der Waals surface area contributed by atoms with Crippen molar-refractivity contribution in [3.63, 3.8) is 0 Å². The molecule has 0 spiro atoms. The van der Waals surface area contributed by atoms with E-state index in [1.54, 1.807) is 60.0 Å². The van der Waals surface area contributed by atoms with E-state index in [0.717, 1.165) is 5.69 Å². The van der Waals surface area contributed by atoms with E-state index < -0.39 is 0 Å². The lowest BCUT2D eigenvalue weighted by atomic mass is 10.2. The van der Waals surface area contributed by atoms with Crippen molar-refractivity contribution < 1.29 is 9.18 Å². The van der Waals surface area contributed by atoms with Gasteiger partial charge >= 0.3 is 0 Å². The van der Waals surface area contributed by atoms with Crippen molar-refractivity contribution in [1.29, 1.82) is 5.26 Å². The van der Waals surface area contributed by atoms with Crippen LogP contribution in [0.1, 0.15) is 27.3 Å². The van der Waals surface area contributed by atoms with Crippen molar-refractivity contribution in [1.82, 2.24) is 4.57 Å². The van der Waals surface area contributed by atoms with E-state index in [1.807, 2.05) is 13.0 Å². The van der Waals surface area contributed by atoms with Crippen molar-refractivity contribution >= 4 is 11.6 Å². The third kappa shape index (κ3) is 3.15. The summed E-state index contributed by atoms with van der Waals surface area (Å²) in [6.07, 6.45) is 0. The molecule has 124 valence electrons. The first-order valence-corrected chi connectivity index (χ1v) is 7.76. The van der Waals surface area contributed by atoms with E-state index in [4.69, 9.17) is 5.26 Å². The topological polar surface area (TPSA) is 57.8 Å². The predicted octanol–water partition coefficient (Wildman–Crippen LogP) is 4.36. The summed E-state index contributed by atoms with van der Waals surface area (Å²) in [5.41, 5.74) is 3.29. The Balaban J connectivity index is 1.96. The third-order valence-corrected chi connectivity index (χ3v) is 4.02. The number of nitrogens with zero attached hydrogens (tertiary/aromatic N) is 2. The molecule has 3 aromatic rings. The molecule has 0 radical (unpaired) electrons. The van der Waals surface area contributed by atoms with E-state index >= 15 is 0 Å². The van der Waals surface area contributed by atoms with E-state index in [0.29, 0.717) is 28.2 Å². The molecule has 0 aliphatic heterocycles. The number of hydrogen-bond donors (Lipinski definition) is 1.